The molecule has 0 spiro atoms. The molecule has 54 heavy (non-hydrogen) atoms. The van der Waals surface area contributed by atoms with Gasteiger partial charge in [-0.05, 0) is 22.8 Å². The average Bonchev–Trinajstić information content (AvgIpc) is 3.27. The SMILES string of the molecule is c1ccc(-c2cc(-c3ccc(-c4c(-c5ccccc5)c(-c5ccccc5)nc(-c5ccccc5)c4-c4ccccc4)cc3)nc(-c3ccccc3)n2)cc1. The maximum Gasteiger partial charge on any atom is 0.160 e. The molecule has 0 amide bonds. The lowest BCUT2D eigenvalue weighted by atomic mass is 9.83. The highest BCUT2D eigenvalue weighted by molar-refractivity contribution is 6.05. The molecule has 7 aromatic carbocycles. The summed E-state index contributed by atoms with van der Waals surface area (Å²) in [6, 6.07) is 73.8. The highest BCUT2D eigenvalue weighted by atomic mass is 14.9. The molecule has 9 aromatic rings. The van der Waals surface area contributed by atoms with Crippen LogP contribution in [-0.2, 0) is 0 Å². The Kier molecular flexibility index (Phi) is 8.94. The maximum atomic E-state index is 5.58. The zero-order valence-corrected chi connectivity index (χ0v) is 29.5. The van der Waals surface area contributed by atoms with E-state index < -0.39 is 0 Å². The summed E-state index contributed by atoms with van der Waals surface area (Å²) >= 11 is 0. The molecule has 0 bridgehead atoms. The molecule has 0 unspecified atom stereocenters. The third-order valence-electron chi connectivity index (χ3n) is 9.71. The van der Waals surface area contributed by atoms with Crippen molar-refractivity contribution in [2.45, 2.75) is 0 Å². The fourth-order valence-electron chi connectivity index (χ4n) is 7.13. The van der Waals surface area contributed by atoms with Crippen molar-refractivity contribution in [2.24, 2.45) is 0 Å². The molecule has 0 fully saturated rings. The van der Waals surface area contributed by atoms with E-state index >= 15 is 0 Å². The minimum absolute atomic E-state index is 0.697. The lowest BCUT2D eigenvalue weighted by molar-refractivity contribution is 1.18. The van der Waals surface area contributed by atoms with E-state index in [-0.39, 0.29) is 0 Å². The van der Waals surface area contributed by atoms with Crippen molar-refractivity contribution in [1.29, 1.82) is 0 Å². The minimum atomic E-state index is 0.697. The van der Waals surface area contributed by atoms with Crippen LogP contribution in [0.4, 0.5) is 0 Å². The molecule has 3 nitrogen and oxygen atoms in total. The molecule has 0 aliphatic carbocycles. The van der Waals surface area contributed by atoms with Gasteiger partial charge in [-0.3, -0.25) is 0 Å². The second-order valence-electron chi connectivity index (χ2n) is 13.2. The molecule has 2 aromatic heterocycles. The Balaban J connectivity index is 1.31. The van der Waals surface area contributed by atoms with Gasteiger partial charge >= 0.3 is 0 Å². The van der Waals surface area contributed by atoms with Crippen molar-refractivity contribution in [3.8, 4) is 89.8 Å². The molecule has 0 aliphatic heterocycles. The van der Waals surface area contributed by atoms with Gasteiger partial charge in [-0.25, -0.2) is 15.0 Å². The van der Waals surface area contributed by atoms with Gasteiger partial charge in [-0.15, -0.1) is 0 Å². The lowest BCUT2D eigenvalue weighted by Gasteiger charge is -2.23. The molecule has 0 radical (unpaired) electrons. The predicted molar refractivity (Wildman–Crippen MR) is 223 cm³/mol. The van der Waals surface area contributed by atoms with Crippen molar-refractivity contribution in [2.75, 3.05) is 0 Å². The van der Waals surface area contributed by atoms with E-state index in [0.717, 1.165) is 84.0 Å². The minimum Gasteiger partial charge on any atom is -0.246 e. The van der Waals surface area contributed by atoms with Crippen LogP contribution >= 0.6 is 0 Å². The first-order valence-corrected chi connectivity index (χ1v) is 18.2. The van der Waals surface area contributed by atoms with Crippen LogP contribution in [-0.4, -0.2) is 15.0 Å². The molecule has 3 heteroatoms. The molecular formula is C51H35N3. The van der Waals surface area contributed by atoms with Crippen LogP contribution in [0.2, 0.25) is 0 Å². The predicted octanol–water partition coefficient (Wildman–Crippen LogP) is 13.2. The normalized spacial score (nSPS) is 11.0. The van der Waals surface area contributed by atoms with Gasteiger partial charge in [0.05, 0.1) is 22.8 Å². The second kappa shape index (κ2) is 14.8. The number of aromatic nitrogens is 3. The topological polar surface area (TPSA) is 38.7 Å². The summed E-state index contributed by atoms with van der Waals surface area (Å²) in [4.78, 5) is 15.7. The van der Waals surface area contributed by atoms with Crippen LogP contribution in [0, 0.1) is 0 Å². The summed E-state index contributed by atoms with van der Waals surface area (Å²) < 4.78 is 0. The van der Waals surface area contributed by atoms with Crippen molar-refractivity contribution in [3.05, 3.63) is 212 Å². The zero-order valence-electron chi connectivity index (χ0n) is 29.5. The third kappa shape index (κ3) is 6.51. The van der Waals surface area contributed by atoms with Crippen molar-refractivity contribution in [1.82, 2.24) is 15.0 Å². The number of hydrogen-bond donors (Lipinski definition) is 0. The van der Waals surface area contributed by atoms with Gasteiger partial charge in [0.15, 0.2) is 5.82 Å². The fourth-order valence-corrected chi connectivity index (χ4v) is 7.13. The van der Waals surface area contributed by atoms with Gasteiger partial charge in [-0.1, -0.05) is 206 Å². The summed E-state index contributed by atoms with van der Waals surface area (Å²) in [5, 5.41) is 0. The van der Waals surface area contributed by atoms with Crippen LogP contribution in [0.3, 0.4) is 0 Å². The van der Waals surface area contributed by atoms with E-state index in [4.69, 9.17) is 15.0 Å². The number of rotatable bonds is 8. The Morgan fingerprint density at radius 1 is 0.222 bits per heavy atom. The van der Waals surface area contributed by atoms with Crippen molar-refractivity contribution >= 4 is 0 Å². The molecule has 0 saturated carbocycles. The molecule has 0 saturated heterocycles. The van der Waals surface area contributed by atoms with Crippen molar-refractivity contribution in [3.63, 3.8) is 0 Å². The molecule has 9 rings (SSSR count). The van der Waals surface area contributed by atoms with Crippen LogP contribution in [0.15, 0.2) is 212 Å². The summed E-state index contributed by atoms with van der Waals surface area (Å²) in [6.45, 7) is 0. The molecule has 2 heterocycles. The maximum absolute atomic E-state index is 5.58. The van der Waals surface area contributed by atoms with Crippen molar-refractivity contribution < 1.29 is 0 Å². The summed E-state index contributed by atoms with van der Waals surface area (Å²) in [6.07, 6.45) is 0. The van der Waals surface area contributed by atoms with Crippen LogP contribution in [0.1, 0.15) is 0 Å². The monoisotopic (exact) mass is 689 g/mol. The Morgan fingerprint density at radius 3 is 0.926 bits per heavy atom. The van der Waals surface area contributed by atoms with Crippen LogP contribution in [0.5, 0.6) is 0 Å². The Hall–Kier alpha value is -7.23. The van der Waals surface area contributed by atoms with E-state index in [2.05, 4.69) is 176 Å². The first kappa shape index (κ1) is 32.7. The zero-order chi connectivity index (χ0) is 36.1. The summed E-state index contributed by atoms with van der Waals surface area (Å²) in [5.41, 5.74) is 15.4. The Bertz CT molecular complexity index is 2490. The van der Waals surface area contributed by atoms with E-state index in [1.54, 1.807) is 0 Å². The van der Waals surface area contributed by atoms with Gasteiger partial charge in [0.25, 0.3) is 0 Å². The molecule has 0 atom stereocenters. The van der Waals surface area contributed by atoms with E-state index in [1.165, 1.54) is 0 Å². The number of hydrogen-bond acceptors (Lipinski definition) is 3. The van der Waals surface area contributed by atoms with Gasteiger partial charge < -0.3 is 0 Å². The molecule has 254 valence electrons. The molecular weight excluding hydrogens is 655 g/mol. The average molecular weight is 690 g/mol. The quantitative estimate of drug-likeness (QED) is 0.159. The molecule has 0 N–H and O–H groups in total. The first-order chi connectivity index (χ1) is 26.8. The summed E-state index contributed by atoms with van der Waals surface area (Å²) in [5.74, 6) is 0.697. The largest absolute Gasteiger partial charge is 0.246 e. The second-order valence-corrected chi connectivity index (χ2v) is 13.2. The van der Waals surface area contributed by atoms with Gasteiger partial charge in [0, 0.05) is 44.5 Å². The summed E-state index contributed by atoms with van der Waals surface area (Å²) in [7, 11) is 0. The van der Waals surface area contributed by atoms with Crippen LogP contribution in [0.25, 0.3) is 89.8 Å². The highest BCUT2D eigenvalue weighted by Gasteiger charge is 2.25. The first-order valence-electron chi connectivity index (χ1n) is 18.2. The third-order valence-corrected chi connectivity index (χ3v) is 9.71. The smallest absolute Gasteiger partial charge is 0.160 e. The van der Waals surface area contributed by atoms with E-state index in [1.807, 2.05) is 36.4 Å². The van der Waals surface area contributed by atoms with E-state index in [0.29, 0.717) is 5.82 Å². The number of pyridine rings is 1. The lowest BCUT2D eigenvalue weighted by Crippen LogP contribution is -2.01. The molecule has 0 aliphatic rings. The van der Waals surface area contributed by atoms with E-state index in [9.17, 15) is 0 Å². The van der Waals surface area contributed by atoms with Gasteiger partial charge in [0.1, 0.15) is 0 Å². The van der Waals surface area contributed by atoms with Crippen LogP contribution < -0.4 is 0 Å². The van der Waals surface area contributed by atoms with Gasteiger partial charge in [0.2, 0.25) is 0 Å². The Labute approximate surface area is 316 Å². The number of benzene rings is 7. The fraction of sp³-hybridized carbons (Fsp3) is 0. The van der Waals surface area contributed by atoms with Gasteiger partial charge in [-0.2, -0.15) is 0 Å². The number of nitrogens with zero attached hydrogens (tertiary/aromatic N) is 3. The standard InChI is InChI=1S/C51H35N3/c1-7-19-36(20-8-1)44-35-45(53-51(52-44)43-29-17-6-18-30-43)37-31-33-40(34-32-37)46-47(38-21-9-2-10-22-38)49(41-25-13-4-14-26-41)54-50(42-27-15-5-16-28-42)48(46)39-23-11-3-12-24-39/h1-35H. The highest BCUT2D eigenvalue weighted by Crippen LogP contribution is 2.48. The Morgan fingerprint density at radius 2 is 0.519 bits per heavy atom.